The van der Waals surface area contributed by atoms with E-state index < -0.39 is 23.8 Å². The van der Waals surface area contributed by atoms with Gasteiger partial charge in [-0.25, -0.2) is 4.79 Å². The van der Waals surface area contributed by atoms with Crippen LogP contribution in [0.5, 0.6) is 0 Å². The lowest BCUT2D eigenvalue weighted by Gasteiger charge is -2.37. The number of hydrogen-bond acceptors (Lipinski definition) is 5. The topological polar surface area (TPSA) is 87.7 Å². The number of hydrogen-bond donors (Lipinski definition) is 3. The molecule has 0 saturated carbocycles. The third-order valence-corrected chi connectivity index (χ3v) is 5.42. The maximum atomic E-state index is 13.7. The Labute approximate surface area is 204 Å². The molecule has 2 unspecified atom stereocenters. The molecule has 0 spiro atoms. The van der Waals surface area contributed by atoms with Crippen molar-refractivity contribution in [3.8, 4) is 0 Å². The standard InChI is InChI=1S/C25H41N3O4S/c1-9-10-13-26-22(29)21(19-12-11-17(4)14-18(19)5)28(16(2)3)23(30)20(15-33)27-24(31)32-25(6,7)8/h11-12,14,16,20-21,33H,9-10,13,15H2,1-8H3,(H,26,29)(H,27,31). The van der Waals surface area contributed by atoms with Crippen LogP contribution in [-0.2, 0) is 14.3 Å². The van der Waals surface area contributed by atoms with Gasteiger partial charge in [0.05, 0.1) is 0 Å². The Morgan fingerprint density at radius 2 is 1.79 bits per heavy atom. The van der Waals surface area contributed by atoms with Gasteiger partial charge in [0.1, 0.15) is 17.7 Å². The first-order valence-electron chi connectivity index (χ1n) is 11.6. The molecule has 2 N–H and O–H groups in total. The van der Waals surface area contributed by atoms with Gasteiger partial charge in [-0.2, -0.15) is 12.6 Å². The second-order valence-corrected chi connectivity index (χ2v) is 9.99. The van der Waals surface area contributed by atoms with Crippen molar-refractivity contribution >= 4 is 30.5 Å². The Kier molecular flexibility index (Phi) is 11.2. The van der Waals surface area contributed by atoms with Crippen LogP contribution >= 0.6 is 12.6 Å². The van der Waals surface area contributed by atoms with Crippen LogP contribution in [0, 0.1) is 13.8 Å². The number of rotatable bonds is 10. The lowest BCUT2D eigenvalue weighted by Crippen LogP contribution is -2.55. The molecule has 0 bridgehead atoms. The molecule has 8 heteroatoms. The maximum absolute atomic E-state index is 13.7. The highest BCUT2D eigenvalue weighted by Gasteiger charge is 2.37. The minimum Gasteiger partial charge on any atom is -0.444 e. The number of unbranched alkanes of at least 4 members (excludes halogenated alkanes) is 1. The molecule has 186 valence electrons. The first kappa shape index (κ1) is 28.8. The molecule has 0 aliphatic carbocycles. The van der Waals surface area contributed by atoms with Crippen molar-refractivity contribution in [3.63, 3.8) is 0 Å². The van der Waals surface area contributed by atoms with Gasteiger partial charge < -0.3 is 20.3 Å². The van der Waals surface area contributed by atoms with Crippen LogP contribution < -0.4 is 10.6 Å². The fourth-order valence-electron chi connectivity index (χ4n) is 3.53. The Morgan fingerprint density at radius 3 is 2.27 bits per heavy atom. The van der Waals surface area contributed by atoms with Gasteiger partial charge in [-0.3, -0.25) is 9.59 Å². The van der Waals surface area contributed by atoms with E-state index in [0.29, 0.717) is 6.54 Å². The van der Waals surface area contributed by atoms with E-state index in [2.05, 4.69) is 30.2 Å². The Hall–Kier alpha value is -2.22. The van der Waals surface area contributed by atoms with E-state index in [1.807, 2.05) is 45.9 Å². The number of nitrogens with one attached hydrogen (secondary N) is 2. The highest BCUT2D eigenvalue weighted by Crippen LogP contribution is 2.28. The van der Waals surface area contributed by atoms with Gasteiger partial charge in [0.2, 0.25) is 11.8 Å². The molecule has 1 aromatic rings. The molecule has 0 radical (unpaired) electrons. The lowest BCUT2D eigenvalue weighted by atomic mass is 9.95. The third kappa shape index (κ3) is 8.91. The molecule has 0 saturated heterocycles. The average molecular weight is 480 g/mol. The molecular weight excluding hydrogens is 438 g/mol. The fourth-order valence-corrected chi connectivity index (χ4v) is 3.78. The van der Waals surface area contributed by atoms with Crippen LogP contribution in [0.1, 0.15) is 77.1 Å². The van der Waals surface area contributed by atoms with Gasteiger partial charge in [-0.05, 0) is 66.0 Å². The summed E-state index contributed by atoms with van der Waals surface area (Å²) < 4.78 is 5.32. The minimum absolute atomic E-state index is 0.0678. The second-order valence-electron chi connectivity index (χ2n) is 9.63. The number of amides is 3. The van der Waals surface area contributed by atoms with E-state index in [-0.39, 0.29) is 23.6 Å². The Bertz CT molecular complexity index is 820. The quantitative estimate of drug-likeness (QED) is 0.344. The number of carbonyl (C=O) groups excluding carboxylic acids is 3. The molecule has 0 heterocycles. The first-order chi connectivity index (χ1) is 15.3. The smallest absolute Gasteiger partial charge is 0.408 e. The van der Waals surface area contributed by atoms with Gasteiger partial charge in [0.25, 0.3) is 0 Å². The monoisotopic (exact) mass is 479 g/mol. The largest absolute Gasteiger partial charge is 0.444 e. The number of carbonyl (C=O) groups is 3. The Morgan fingerprint density at radius 1 is 1.15 bits per heavy atom. The zero-order valence-electron chi connectivity index (χ0n) is 21.3. The maximum Gasteiger partial charge on any atom is 0.408 e. The van der Waals surface area contributed by atoms with Crippen LogP contribution in [0.15, 0.2) is 18.2 Å². The summed E-state index contributed by atoms with van der Waals surface area (Å²) in [5.74, 6) is -0.563. The summed E-state index contributed by atoms with van der Waals surface area (Å²) in [6.07, 6.45) is 1.10. The minimum atomic E-state index is -0.942. The van der Waals surface area contributed by atoms with Gasteiger partial charge in [-0.15, -0.1) is 0 Å². The molecule has 7 nitrogen and oxygen atoms in total. The van der Waals surface area contributed by atoms with E-state index in [9.17, 15) is 14.4 Å². The summed E-state index contributed by atoms with van der Waals surface area (Å²) in [4.78, 5) is 40.9. The van der Waals surface area contributed by atoms with Gasteiger partial charge in [0.15, 0.2) is 0 Å². The molecule has 33 heavy (non-hydrogen) atoms. The predicted octanol–water partition coefficient (Wildman–Crippen LogP) is 4.32. The van der Waals surface area contributed by atoms with E-state index in [0.717, 1.165) is 29.5 Å². The SMILES string of the molecule is CCCCNC(=O)C(c1ccc(C)cc1C)N(C(=O)C(CS)NC(=O)OC(C)(C)C)C(C)C. The molecule has 1 aromatic carbocycles. The van der Waals surface area contributed by atoms with Crippen LogP contribution in [-0.4, -0.2) is 52.8 Å². The Balaban J connectivity index is 3.37. The van der Waals surface area contributed by atoms with Crippen molar-refractivity contribution in [3.05, 3.63) is 34.9 Å². The van der Waals surface area contributed by atoms with E-state index in [1.165, 1.54) is 4.90 Å². The summed E-state index contributed by atoms with van der Waals surface area (Å²) in [7, 11) is 0. The number of nitrogens with zero attached hydrogens (tertiary/aromatic N) is 1. The molecule has 3 amide bonds. The molecule has 1 rings (SSSR count). The van der Waals surface area contributed by atoms with Crippen LogP contribution in [0.2, 0.25) is 0 Å². The fraction of sp³-hybridized carbons (Fsp3) is 0.640. The average Bonchev–Trinajstić information content (AvgIpc) is 2.68. The van der Waals surface area contributed by atoms with Crippen molar-refractivity contribution in [2.45, 2.75) is 92.0 Å². The van der Waals surface area contributed by atoms with Crippen molar-refractivity contribution in [1.82, 2.24) is 15.5 Å². The predicted molar refractivity (Wildman–Crippen MR) is 136 cm³/mol. The van der Waals surface area contributed by atoms with Crippen molar-refractivity contribution < 1.29 is 19.1 Å². The van der Waals surface area contributed by atoms with Gasteiger partial charge >= 0.3 is 6.09 Å². The molecule has 0 aliphatic heterocycles. The number of aryl methyl sites for hydroxylation is 2. The molecule has 0 aromatic heterocycles. The van der Waals surface area contributed by atoms with E-state index >= 15 is 0 Å². The van der Waals surface area contributed by atoms with Crippen molar-refractivity contribution in [2.24, 2.45) is 0 Å². The molecule has 0 aliphatic rings. The van der Waals surface area contributed by atoms with Crippen molar-refractivity contribution in [1.29, 1.82) is 0 Å². The van der Waals surface area contributed by atoms with Crippen LogP contribution in [0.25, 0.3) is 0 Å². The normalized spacial score (nSPS) is 13.3. The van der Waals surface area contributed by atoms with E-state index in [4.69, 9.17) is 4.74 Å². The number of benzene rings is 1. The van der Waals surface area contributed by atoms with Gasteiger partial charge in [0, 0.05) is 18.3 Å². The number of alkyl carbamates (subject to hydrolysis) is 1. The zero-order valence-corrected chi connectivity index (χ0v) is 22.2. The molecular formula is C25H41N3O4S. The highest BCUT2D eigenvalue weighted by molar-refractivity contribution is 7.80. The second kappa shape index (κ2) is 12.9. The molecule has 2 atom stereocenters. The summed E-state index contributed by atoms with van der Waals surface area (Å²) in [6, 6.07) is 3.75. The van der Waals surface area contributed by atoms with E-state index in [1.54, 1.807) is 20.8 Å². The lowest BCUT2D eigenvalue weighted by molar-refractivity contribution is -0.144. The number of ether oxygens (including phenoxy) is 1. The zero-order chi connectivity index (χ0) is 25.3. The number of thiol groups is 1. The summed E-state index contributed by atoms with van der Waals surface area (Å²) in [5, 5.41) is 5.60. The van der Waals surface area contributed by atoms with Crippen molar-refractivity contribution in [2.75, 3.05) is 12.3 Å². The summed E-state index contributed by atoms with van der Waals surface area (Å²) in [5.41, 5.74) is 2.05. The van der Waals surface area contributed by atoms with Gasteiger partial charge in [-0.1, -0.05) is 37.1 Å². The van der Waals surface area contributed by atoms with Crippen LogP contribution in [0.4, 0.5) is 4.79 Å². The first-order valence-corrected chi connectivity index (χ1v) is 12.2. The summed E-state index contributed by atoms with van der Waals surface area (Å²) >= 11 is 4.30. The summed E-state index contributed by atoms with van der Waals surface area (Å²) in [6.45, 7) is 15.5. The molecule has 0 fully saturated rings. The third-order valence-electron chi connectivity index (χ3n) is 5.06. The highest BCUT2D eigenvalue weighted by atomic mass is 32.1. The van der Waals surface area contributed by atoms with Crippen LogP contribution in [0.3, 0.4) is 0 Å².